The first kappa shape index (κ1) is 14.0. The molecule has 0 aromatic carbocycles. The molecule has 6 heteroatoms. The number of pyridine rings is 1. The zero-order chi connectivity index (χ0) is 14.8. The van der Waals surface area contributed by atoms with E-state index in [2.05, 4.69) is 21.4 Å². The van der Waals surface area contributed by atoms with Crippen LogP contribution in [0.1, 0.15) is 26.0 Å². The van der Waals surface area contributed by atoms with Crippen molar-refractivity contribution in [3.63, 3.8) is 0 Å². The van der Waals surface area contributed by atoms with Gasteiger partial charge in [-0.15, -0.1) is 5.10 Å². The monoisotopic (exact) mass is 270 g/mol. The van der Waals surface area contributed by atoms with Crippen molar-refractivity contribution >= 4 is 5.69 Å². The predicted octanol–water partition coefficient (Wildman–Crippen LogP) is 2.17. The fourth-order valence-corrected chi connectivity index (χ4v) is 1.79. The molecular weight excluding hydrogens is 252 g/mol. The Labute approximate surface area is 118 Å². The van der Waals surface area contributed by atoms with Crippen LogP contribution in [0, 0.1) is 23.7 Å². The second-order valence-electron chi connectivity index (χ2n) is 5.51. The van der Waals surface area contributed by atoms with Crippen LogP contribution >= 0.6 is 0 Å². The summed E-state index contributed by atoms with van der Waals surface area (Å²) in [5.41, 5.74) is 8.49. The molecule has 0 spiro atoms. The van der Waals surface area contributed by atoms with Gasteiger partial charge in [-0.2, -0.15) is 5.26 Å². The molecule has 2 rings (SSSR count). The van der Waals surface area contributed by atoms with Gasteiger partial charge >= 0.3 is 0 Å². The Morgan fingerprint density at radius 1 is 1.45 bits per heavy atom. The van der Waals surface area contributed by atoms with Crippen molar-refractivity contribution in [3.8, 4) is 17.3 Å². The maximum Gasteiger partial charge on any atom is 0.114 e. The minimum atomic E-state index is -0.360. The maximum absolute atomic E-state index is 9.00. The highest BCUT2D eigenvalue weighted by Crippen LogP contribution is 2.23. The number of nitrogens with zero attached hydrogens (tertiary/aromatic N) is 5. The lowest BCUT2D eigenvalue weighted by molar-refractivity contribution is 0.395. The first-order valence-corrected chi connectivity index (χ1v) is 6.45. The first-order chi connectivity index (χ1) is 9.41. The molecule has 0 aliphatic carbocycles. The van der Waals surface area contributed by atoms with Crippen LogP contribution in [0.15, 0.2) is 18.5 Å². The minimum Gasteiger partial charge on any atom is -0.397 e. The number of rotatable bonds is 4. The van der Waals surface area contributed by atoms with Crippen LogP contribution in [0.25, 0.3) is 11.3 Å². The van der Waals surface area contributed by atoms with Crippen molar-refractivity contribution in [3.05, 3.63) is 24.2 Å². The molecule has 0 fully saturated rings. The highest BCUT2D eigenvalue weighted by Gasteiger charge is 2.17. The van der Waals surface area contributed by atoms with Gasteiger partial charge in [0.15, 0.2) is 0 Å². The van der Waals surface area contributed by atoms with Gasteiger partial charge in [0.25, 0.3) is 0 Å². The number of nitriles is 1. The van der Waals surface area contributed by atoms with E-state index in [4.69, 9.17) is 11.0 Å². The van der Waals surface area contributed by atoms with E-state index < -0.39 is 0 Å². The van der Waals surface area contributed by atoms with Gasteiger partial charge in [-0.3, -0.25) is 9.67 Å². The molecular formula is C14H18N6. The second-order valence-corrected chi connectivity index (χ2v) is 5.51. The Kier molecular flexibility index (Phi) is 3.70. The van der Waals surface area contributed by atoms with Crippen molar-refractivity contribution < 1.29 is 0 Å². The van der Waals surface area contributed by atoms with Crippen LogP contribution in [0.5, 0.6) is 0 Å². The normalized spacial score (nSPS) is 11.3. The number of aryl methyl sites for hydroxylation is 2. The van der Waals surface area contributed by atoms with E-state index in [1.807, 2.05) is 33.0 Å². The van der Waals surface area contributed by atoms with Gasteiger partial charge in [0.05, 0.1) is 29.6 Å². The largest absolute Gasteiger partial charge is 0.397 e. The van der Waals surface area contributed by atoms with E-state index in [1.165, 1.54) is 0 Å². The smallest absolute Gasteiger partial charge is 0.114 e. The van der Waals surface area contributed by atoms with Crippen LogP contribution in [-0.4, -0.2) is 20.0 Å². The summed E-state index contributed by atoms with van der Waals surface area (Å²) in [5.74, 6) is 0. The molecule has 6 nitrogen and oxygen atoms in total. The van der Waals surface area contributed by atoms with Crippen molar-refractivity contribution in [1.29, 1.82) is 5.26 Å². The van der Waals surface area contributed by atoms with Gasteiger partial charge in [0, 0.05) is 17.8 Å². The molecule has 2 aromatic rings. The first-order valence-electron chi connectivity index (χ1n) is 6.45. The van der Waals surface area contributed by atoms with E-state index in [1.54, 1.807) is 10.9 Å². The van der Waals surface area contributed by atoms with Gasteiger partial charge in [-0.25, -0.2) is 0 Å². The van der Waals surface area contributed by atoms with Gasteiger partial charge < -0.3 is 5.73 Å². The van der Waals surface area contributed by atoms with Gasteiger partial charge in [0.1, 0.15) is 5.69 Å². The van der Waals surface area contributed by atoms with Crippen LogP contribution in [0.4, 0.5) is 5.69 Å². The third kappa shape index (κ3) is 3.12. The van der Waals surface area contributed by atoms with Gasteiger partial charge in [-0.05, 0) is 33.3 Å². The summed E-state index contributed by atoms with van der Waals surface area (Å²) in [7, 11) is 0. The number of hydrogen-bond acceptors (Lipinski definition) is 5. The average Bonchev–Trinajstić information content (AvgIpc) is 2.88. The topological polar surface area (TPSA) is 93.4 Å². The SMILES string of the molecule is Cc1ncc(N)cc1-c1cn(CCC(C)(C)C#N)nn1. The lowest BCUT2D eigenvalue weighted by Gasteiger charge is -2.13. The van der Waals surface area contributed by atoms with Crippen molar-refractivity contribution in [2.45, 2.75) is 33.7 Å². The fraction of sp³-hybridized carbons (Fsp3) is 0.429. The molecule has 0 saturated carbocycles. The Morgan fingerprint density at radius 3 is 2.90 bits per heavy atom. The lowest BCUT2D eigenvalue weighted by Crippen LogP contribution is -2.12. The fourth-order valence-electron chi connectivity index (χ4n) is 1.79. The van der Waals surface area contributed by atoms with Gasteiger partial charge in [-0.1, -0.05) is 5.21 Å². The van der Waals surface area contributed by atoms with Crippen molar-refractivity contribution in [2.24, 2.45) is 5.41 Å². The standard InChI is InChI=1S/C14H18N6/c1-10-12(6-11(16)7-17-10)13-8-20(19-18-13)5-4-14(2,3)9-15/h6-8H,4-5,16H2,1-3H3. The third-order valence-electron chi connectivity index (χ3n) is 3.19. The number of nitrogens with two attached hydrogens (primary N) is 1. The van der Waals surface area contributed by atoms with Crippen LogP contribution in [0.3, 0.4) is 0 Å². The average molecular weight is 270 g/mol. The van der Waals surface area contributed by atoms with E-state index >= 15 is 0 Å². The molecule has 0 aliphatic rings. The minimum absolute atomic E-state index is 0.360. The second kappa shape index (κ2) is 5.29. The molecule has 0 aliphatic heterocycles. The zero-order valence-corrected chi connectivity index (χ0v) is 12.0. The molecule has 0 atom stereocenters. The molecule has 0 radical (unpaired) electrons. The maximum atomic E-state index is 9.00. The summed E-state index contributed by atoms with van der Waals surface area (Å²) in [5, 5.41) is 17.2. The Morgan fingerprint density at radius 2 is 2.20 bits per heavy atom. The summed E-state index contributed by atoms with van der Waals surface area (Å²) in [6.45, 7) is 6.39. The Bertz CT molecular complexity index is 650. The summed E-state index contributed by atoms with van der Waals surface area (Å²) >= 11 is 0. The van der Waals surface area contributed by atoms with Crippen molar-refractivity contribution in [1.82, 2.24) is 20.0 Å². The highest BCUT2D eigenvalue weighted by molar-refractivity contribution is 5.64. The predicted molar refractivity (Wildman–Crippen MR) is 76.4 cm³/mol. The van der Waals surface area contributed by atoms with E-state index in [-0.39, 0.29) is 5.41 Å². The van der Waals surface area contributed by atoms with E-state index in [0.717, 1.165) is 23.4 Å². The van der Waals surface area contributed by atoms with Crippen molar-refractivity contribution in [2.75, 3.05) is 5.73 Å². The summed E-state index contributed by atoms with van der Waals surface area (Å²) in [6.07, 6.45) is 4.20. The summed E-state index contributed by atoms with van der Waals surface area (Å²) < 4.78 is 1.75. The molecule has 2 aromatic heterocycles. The quantitative estimate of drug-likeness (QED) is 0.918. The van der Waals surface area contributed by atoms with Gasteiger partial charge in [0.2, 0.25) is 0 Å². The molecule has 2 heterocycles. The molecule has 0 unspecified atom stereocenters. The van der Waals surface area contributed by atoms with E-state index in [9.17, 15) is 0 Å². The lowest BCUT2D eigenvalue weighted by atomic mass is 9.92. The zero-order valence-electron chi connectivity index (χ0n) is 12.0. The summed E-state index contributed by atoms with van der Waals surface area (Å²) in [4.78, 5) is 4.22. The van der Waals surface area contributed by atoms with Crippen LogP contribution in [0.2, 0.25) is 0 Å². The molecule has 0 bridgehead atoms. The Balaban J connectivity index is 2.17. The number of anilines is 1. The molecule has 20 heavy (non-hydrogen) atoms. The molecule has 0 saturated heterocycles. The molecule has 104 valence electrons. The highest BCUT2D eigenvalue weighted by atomic mass is 15.4. The number of hydrogen-bond donors (Lipinski definition) is 1. The van der Waals surface area contributed by atoms with Crippen LogP contribution in [-0.2, 0) is 6.54 Å². The molecule has 2 N–H and O–H groups in total. The Hall–Kier alpha value is -2.42. The van der Waals surface area contributed by atoms with Crippen LogP contribution < -0.4 is 5.73 Å². The summed E-state index contributed by atoms with van der Waals surface area (Å²) in [6, 6.07) is 4.12. The number of nitrogen functional groups attached to an aromatic ring is 1. The molecule has 0 amide bonds. The third-order valence-corrected chi connectivity index (χ3v) is 3.19. The number of aromatic nitrogens is 4. The van der Waals surface area contributed by atoms with E-state index in [0.29, 0.717) is 12.2 Å².